The highest BCUT2D eigenvalue weighted by Crippen LogP contribution is 2.43. The fraction of sp³-hybridized carbons (Fsp3) is 0.195. The van der Waals surface area contributed by atoms with Crippen LogP contribution < -0.4 is 0 Å². The second-order valence-corrected chi connectivity index (χ2v) is 14.6. The van der Waals surface area contributed by atoms with Crippen LogP contribution in [0.5, 0.6) is 51.7 Å². The van der Waals surface area contributed by atoms with Gasteiger partial charge in [-0.1, -0.05) is 0 Å². The summed E-state index contributed by atoms with van der Waals surface area (Å²) in [6, 6.07) is 3.24. The molecule has 26 nitrogen and oxygen atoms in total. The Morgan fingerprint density at radius 1 is 0.493 bits per heavy atom. The van der Waals surface area contributed by atoms with Gasteiger partial charge >= 0.3 is 29.8 Å². The third-order valence-electron chi connectivity index (χ3n) is 10.3. The lowest BCUT2D eigenvalue weighted by Gasteiger charge is -2.44. The largest absolute Gasteiger partial charge is 0.504 e. The maximum absolute atomic E-state index is 14.4. The lowest BCUT2D eigenvalue weighted by molar-refractivity contribution is -0.288. The summed E-state index contributed by atoms with van der Waals surface area (Å²) in [5.41, 5.74) is -4.53. The smallest absolute Gasteiger partial charge is 0.340 e. The molecule has 7 rings (SSSR count). The Morgan fingerprint density at radius 3 is 1.25 bits per heavy atom. The highest BCUT2D eigenvalue weighted by atomic mass is 16.7. The van der Waals surface area contributed by atoms with Crippen molar-refractivity contribution in [1.29, 1.82) is 0 Å². The number of benzene rings is 3. The van der Waals surface area contributed by atoms with Crippen LogP contribution in [0.15, 0.2) is 82.7 Å². The summed E-state index contributed by atoms with van der Waals surface area (Å²) in [6.45, 7) is -1.26. The number of phenolic OH excluding ortho intramolecular Hbond substituents is 9. The number of hydrogen-bond acceptors (Lipinski definition) is 26. The van der Waals surface area contributed by atoms with Gasteiger partial charge in [-0.25, -0.2) is 14.4 Å². The van der Waals surface area contributed by atoms with Crippen molar-refractivity contribution in [2.45, 2.75) is 30.7 Å². The van der Waals surface area contributed by atoms with Crippen LogP contribution in [-0.2, 0) is 47.6 Å². The molecule has 13 N–H and O–H groups in total. The Morgan fingerprint density at radius 2 is 0.851 bits per heavy atom. The molecule has 0 saturated carbocycles. The molecule has 4 aliphatic rings. The number of carbonyl (C=O) groups excluding carboxylic acids is 7. The molecule has 0 radical (unpaired) electrons. The standard InChI is InChI=1S/C41H30O26/c42-15-1-10(2-16(43)26(15)50)36(57)65-34-33-23(9-62-39(60)13-7-21(48)29(53)31(55)24(13)25-14(40(61)64-33)8-22(49)30(54)32(25)56)63-41(67-38(59)12-5-19(46)28(52)20(47)6-12)35(34)66-37(58)11-3-17(44)27(51)18(45)4-11/h1-8,13-14,23,33-35,41-52,55-56H,9H2/t13?,14?,23-,33-,34+,35-,41+/m1/s1. The molecular formula is C41H30O26. The molecule has 2 heterocycles. The number of ether oxygens (including phenoxy) is 6. The number of aliphatic hydroxyl groups excluding tert-OH is 4. The second kappa shape index (κ2) is 17.0. The zero-order chi connectivity index (χ0) is 49.1. The molecule has 0 spiro atoms. The number of phenols is 9. The maximum Gasteiger partial charge on any atom is 0.340 e. The van der Waals surface area contributed by atoms with Crippen molar-refractivity contribution in [2.75, 3.05) is 6.61 Å². The van der Waals surface area contributed by atoms with E-state index in [0.29, 0.717) is 48.6 Å². The summed E-state index contributed by atoms with van der Waals surface area (Å²) in [5, 5.41) is 133. The number of hydrogen-bond donors (Lipinski definition) is 13. The fourth-order valence-corrected chi connectivity index (χ4v) is 7.07. The minimum atomic E-state index is -2.56. The van der Waals surface area contributed by atoms with E-state index in [4.69, 9.17) is 28.4 Å². The quantitative estimate of drug-likeness (QED) is 0.0921. The number of fused-ring (bicyclic) bond motifs is 4. The van der Waals surface area contributed by atoms with Gasteiger partial charge in [-0.15, -0.1) is 0 Å². The molecule has 3 aromatic carbocycles. The number of ketones is 2. The van der Waals surface area contributed by atoms with E-state index in [1.807, 2.05) is 0 Å². The second-order valence-electron chi connectivity index (χ2n) is 14.6. The van der Waals surface area contributed by atoms with Gasteiger partial charge in [0.15, 0.2) is 87.0 Å². The number of Topliss-reactive ketones (excluding diaryl/α,β-unsaturated/α-hetero) is 2. The molecular weight excluding hydrogens is 908 g/mol. The van der Waals surface area contributed by atoms with Gasteiger partial charge in [-0.2, -0.15) is 0 Å². The van der Waals surface area contributed by atoms with Crippen molar-refractivity contribution in [3.8, 4) is 51.7 Å². The van der Waals surface area contributed by atoms with Crippen molar-refractivity contribution < 1.29 is 128 Å². The molecule has 2 saturated heterocycles. The Kier molecular flexibility index (Phi) is 11.6. The van der Waals surface area contributed by atoms with Crippen molar-refractivity contribution in [3.05, 3.63) is 99.4 Å². The fourth-order valence-electron chi connectivity index (χ4n) is 7.07. The Labute approximate surface area is 369 Å². The zero-order valence-electron chi connectivity index (χ0n) is 33.0. The van der Waals surface area contributed by atoms with Gasteiger partial charge in [0.2, 0.25) is 12.4 Å². The molecule has 0 amide bonds. The third kappa shape index (κ3) is 8.21. The highest BCUT2D eigenvalue weighted by Gasteiger charge is 2.56. The van der Waals surface area contributed by atoms with E-state index in [-0.39, 0.29) is 0 Å². The number of aliphatic hydroxyl groups is 4. The van der Waals surface area contributed by atoms with E-state index in [0.717, 1.165) is 0 Å². The van der Waals surface area contributed by atoms with Crippen LogP contribution in [0, 0.1) is 11.8 Å². The molecule has 2 aliphatic carbocycles. The van der Waals surface area contributed by atoms with Crippen molar-refractivity contribution in [2.24, 2.45) is 11.8 Å². The minimum Gasteiger partial charge on any atom is -0.504 e. The average molecular weight is 939 g/mol. The number of esters is 5. The van der Waals surface area contributed by atoms with Crippen LogP contribution in [0.4, 0.5) is 0 Å². The van der Waals surface area contributed by atoms with Gasteiger partial charge in [0.05, 0.1) is 16.7 Å². The van der Waals surface area contributed by atoms with Crippen LogP contribution in [0.25, 0.3) is 0 Å². The minimum absolute atomic E-state index is 0.416. The van der Waals surface area contributed by atoms with Crippen LogP contribution in [0.3, 0.4) is 0 Å². The summed E-state index contributed by atoms with van der Waals surface area (Å²) in [5.74, 6) is -31.8. The number of cyclic esters (lactones) is 1. The zero-order valence-corrected chi connectivity index (χ0v) is 33.0. The molecule has 67 heavy (non-hydrogen) atoms. The first-order valence-corrected chi connectivity index (χ1v) is 18.7. The first kappa shape index (κ1) is 45.7. The van der Waals surface area contributed by atoms with Crippen molar-refractivity contribution in [1.82, 2.24) is 0 Å². The van der Waals surface area contributed by atoms with E-state index in [1.165, 1.54) is 0 Å². The van der Waals surface area contributed by atoms with Crippen molar-refractivity contribution in [3.63, 3.8) is 0 Å². The molecule has 2 unspecified atom stereocenters. The number of rotatable bonds is 6. The summed E-state index contributed by atoms with van der Waals surface area (Å²) in [7, 11) is 0. The van der Waals surface area contributed by atoms with Crippen LogP contribution >= 0.6 is 0 Å². The topological polar surface area (TPSA) is 438 Å². The third-order valence-corrected chi connectivity index (χ3v) is 10.3. The van der Waals surface area contributed by atoms with Gasteiger partial charge in [-0.05, 0) is 48.6 Å². The van der Waals surface area contributed by atoms with Crippen LogP contribution in [0.2, 0.25) is 0 Å². The van der Waals surface area contributed by atoms with Gasteiger partial charge in [0.25, 0.3) is 11.6 Å². The molecule has 26 heteroatoms. The van der Waals surface area contributed by atoms with E-state index < -0.39 is 193 Å². The number of aromatic hydroxyl groups is 9. The predicted molar refractivity (Wildman–Crippen MR) is 205 cm³/mol. The predicted octanol–water partition coefficient (Wildman–Crippen LogP) is 0.744. The summed E-state index contributed by atoms with van der Waals surface area (Å²) >= 11 is 0. The maximum atomic E-state index is 14.4. The Balaban J connectivity index is 1.42. The Hall–Kier alpha value is -9.33. The molecule has 3 aromatic rings. The summed E-state index contributed by atoms with van der Waals surface area (Å²) in [6.07, 6.45) is -11.3. The van der Waals surface area contributed by atoms with Gasteiger partial charge in [-0.3, -0.25) is 19.2 Å². The molecule has 2 aliphatic heterocycles. The van der Waals surface area contributed by atoms with Gasteiger partial charge < -0.3 is 94.8 Å². The van der Waals surface area contributed by atoms with E-state index in [1.54, 1.807) is 0 Å². The molecule has 0 bridgehead atoms. The first-order chi connectivity index (χ1) is 31.5. The molecule has 350 valence electrons. The lowest BCUT2D eigenvalue weighted by Crippen LogP contribution is -2.63. The van der Waals surface area contributed by atoms with E-state index in [9.17, 15) is 99.9 Å². The van der Waals surface area contributed by atoms with Gasteiger partial charge in [0, 0.05) is 11.1 Å². The van der Waals surface area contributed by atoms with E-state index >= 15 is 0 Å². The summed E-state index contributed by atoms with van der Waals surface area (Å²) in [4.78, 5) is 95.4. The van der Waals surface area contributed by atoms with Crippen LogP contribution in [0.1, 0.15) is 31.1 Å². The monoisotopic (exact) mass is 938 g/mol. The molecule has 0 aromatic heterocycles. The SMILES string of the molecule is O=C1C(O)=CC2C(=O)OC[C@H]3O[C@@H](OC(=O)c4cc(O)c(O)c(O)c4)[C@H](OC(=O)c4cc(O)c(O)c(O)c4)[C@@H](OC(=O)c4cc(O)c(O)c(O)c4)[C@@H]3OC(=O)C3C=C(O)C(=O)C(O)=C3C2=C1O. The van der Waals surface area contributed by atoms with Gasteiger partial charge in [0.1, 0.15) is 24.5 Å². The van der Waals surface area contributed by atoms with Crippen LogP contribution in [-0.4, -0.2) is 145 Å². The normalized spacial score (nSPS) is 24.0. The Bertz CT molecular complexity index is 2780. The average Bonchev–Trinajstić information content (AvgIpc) is 3.29. The highest BCUT2D eigenvalue weighted by molar-refractivity contribution is 6.12. The van der Waals surface area contributed by atoms with E-state index in [2.05, 4.69) is 0 Å². The first-order valence-electron chi connectivity index (χ1n) is 18.7. The molecule has 2 fully saturated rings. The molecule has 7 atom stereocenters. The lowest BCUT2D eigenvalue weighted by atomic mass is 9.77. The summed E-state index contributed by atoms with van der Waals surface area (Å²) < 4.78 is 33.5. The number of carbonyl (C=O) groups is 7. The van der Waals surface area contributed by atoms with Crippen molar-refractivity contribution >= 4 is 41.4 Å².